The average molecular weight is 234 g/mol. The number of carboxylic acids is 1. The average Bonchev–Trinajstić information content (AvgIpc) is 2.83. The Labute approximate surface area is 101 Å². The first-order chi connectivity index (χ1) is 7.98. The number of carboxylic acid groups (broad SMARTS) is 1. The third-order valence-electron chi connectivity index (χ3n) is 3.71. The summed E-state index contributed by atoms with van der Waals surface area (Å²) in [6.07, 6.45) is 0. The van der Waals surface area contributed by atoms with Crippen molar-refractivity contribution in [1.29, 1.82) is 0 Å². The summed E-state index contributed by atoms with van der Waals surface area (Å²) >= 11 is 0. The number of rotatable bonds is 4. The molecule has 1 aliphatic rings. The highest BCUT2D eigenvalue weighted by molar-refractivity contribution is 5.77. The van der Waals surface area contributed by atoms with Crippen LogP contribution < -0.4 is 0 Å². The van der Waals surface area contributed by atoms with E-state index < -0.39 is 5.97 Å². The van der Waals surface area contributed by atoms with Crippen molar-refractivity contribution in [2.45, 2.75) is 26.4 Å². The first kappa shape index (κ1) is 12.1. The summed E-state index contributed by atoms with van der Waals surface area (Å²) in [5.74, 6) is -0.839. The predicted octanol–water partition coefficient (Wildman–Crippen LogP) is 2.66. The normalized spacial score (nSPS) is 25.6. The van der Waals surface area contributed by atoms with Gasteiger partial charge in [0.25, 0.3) is 0 Å². The van der Waals surface area contributed by atoms with E-state index in [1.165, 1.54) is 0 Å². The van der Waals surface area contributed by atoms with Crippen molar-refractivity contribution in [2.24, 2.45) is 11.3 Å². The molecule has 1 aliphatic carbocycles. The molecule has 2 unspecified atom stereocenters. The highest BCUT2D eigenvalue weighted by Crippen LogP contribution is 2.64. The molecule has 2 atom stereocenters. The summed E-state index contributed by atoms with van der Waals surface area (Å²) in [5, 5.41) is 9.17. The second-order valence-electron chi connectivity index (χ2n) is 5.29. The van der Waals surface area contributed by atoms with E-state index in [0.717, 1.165) is 11.1 Å². The predicted molar refractivity (Wildman–Crippen MR) is 64.8 cm³/mol. The quantitative estimate of drug-likeness (QED) is 0.871. The van der Waals surface area contributed by atoms with Gasteiger partial charge < -0.3 is 9.84 Å². The minimum Gasteiger partial charge on any atom is -0.481 e. The zero-order valence-corrected chi connectivity index (χ0v) is 10.4. The molecule has 1 aromatic rings. The fraction of sp³-hybridized carbons (Fsp3) is 0.500. The van der Waals surface area contributed by atoms with Gasteiger partial charge >= 0.3 is 5.97 Å². The molecule has 2 rings (SSSR count). The lowest BCUT2D eigenvalue weighted by atomic mass is 10.0. The molecule has 1 N–H and O–H groups in total. The number of hydrogen-bond acceptors (Lipinski definition) is 2. The van der Waals surface area contributed by atoms with E-state index in [1.807, 2.05) is 32.0 Å². The summed E-state index contributed by atoms with van der Waals surface area (Å²) < 4.78 is 5.09. The number of methoxy groups -OCH3 is 1. The lowest BCUT2D eigenvalue weighted by molar-refractivity contribution is -0.139. The van der Waals surface area contributed by atoms with Gasteiger partial charge in [-0.05, 0) is 16.5 Å². The molecule has 0 amide bonds. The fourth-order valence-corrected chi connectivity index (χ4v) is 2.76. The Bertz CT molecular complexity index is 437. The van der Waals surface area contributed by atoms with Gasteiger partial charge in [-0.25, -0.2) is 0 Å². The third-order valence-corrected chi connectivity index (χ3v) is 3.71. The molecule has 3 nitrogen and oxygen atoms in total. The van der Waals surface area contributed by atoms with Crippen molar-refractivity contribution in [3.63, 3.8) is 0 Å². The molecule has 0 heterocycles. The van der Waals surface area contributed by atoms with Gasteiger partial charge in [-0.2, -0.15) is 0 Å². The van der Waals surface area contributed by atoms with Gasteiger partial charge in [-0.3, -0.25) is 4.79 Å². The van der Waals surface area contributed by atoms with E-state index in [1.54, 1.807) is 7.11 Å². The number of aliphatic carboxylic acids is 1. The molecule has 1 fully saturated rings. The monoisotopic (exact) mass is 234 g/mol. The van der Waals surface area contributed by atoms with Gasteiger partial charge in [0.15, 0.2) is 0 Å². The van der Waals surface area contributed by atoms with Gasteiger partial charge in [-0.15, -0.1) is 0 Å². The summed E-state index contributed by atoms with van der Waals surface area (Å²) in [5.41, 5.74) is 2.06. The Morgan fingerprint density at radius 1 is 1.47 bits per heavy atom. The SMILES string of the molecule is COCc1cccc(C2C(C(=O)O)C2(C)C)c1. The molecular formula is C14H18O3. The van der Waals surface area contributed by atoms with E-state index in [9.17, 15) is 4.79 Å². The van der Waals surface area contributed by atoms with Crippen molar-refractivity contribution < 1.29 is 14.6 Å². The van der Waals surface area contributed by atoms with E-state index in [0.29, 0.717) is 6.61 Å². The maximum absolute atomic E-state index is 11.1. The van der Waals surface area contributed by atoms with Crippen molar-refractivity contribution in [2.75, 3.05) is 7.11 Å². The Morgan fingerprint density at radius 2 is 2.18 bits per heavy atom. The van der Waals surface area contributed by atoms with Crippen LogP contribution in [0.15, 0.2) is 24.3 Å². The van der Waals surface area contributed by atoms with Crippen LogP contribution in [0, 0.1) is 11.3 Å². The van der Waals surface area contributed by atoms with Crippen LogP contribution in [0.4, 0.5) is 0 Å². The van der Waals surface area contributed by atoms with E-state index >= 15 is 0 Å². The van der Waals surface area contributed by atoms with Gasteiger partial charge in [-0.1, -0.05) is 38.1 Å². The summed E-state index contributed by atoms with van der Waals surface area (Å²) in [6.45, 7) is 4.59. The van der Waals surface area contributed by atoms with Crippen LogP contribution in [-0.4, -0.2) is 18.2 Å². The van der Waals surface area contributed by atoms with Crippen molar-refractivity contribution in [3.05, 3.63) is 35.4 Å². The van der Waals surface area contributed by atoms with Crippen LogP contribution in [0.5, 0.6) is 0 Å². The van der Waals surface area contributed by atoms with E-state index in [2.05, 4.69) is 6.07 Å². The molecule has 92 valence electrons. The smallest absolute Gasteiger partial charge is 0.307 e. The molecule has 17 heavy (non-hydrogen) atoms. The summed E-state index contributed by atoms with van der Waals surface area (Å²) in [4.78, 5) is 11.1. The second kappa shape index (κ2) is 4.15. The van der Waals surface area contributed by atoms with E-state index in [4.69, 9.17) is 9.84 Å². The molecular weight excluding hydrogens is 216 g/mol. The van der Waals surface area contributed by atoms with Gasteiger partial charge in [0.1, 0.15) is 0 Å². The van der Waals surface area contributed by atoms with Crippen molar-refractivity contribution in [3.8, 4) is 0 Å². The van der Waals surface area contributed by atoms with Gasteiger partial charge in [0, 0.05) is 13.0 Å². The number of hydrogen-bond donors (Lipinski definition) is 1. The largest absolute Gasteiger partial charge is 0.481 e. The molecule has 0 bridgehead atoms. The molecule has 0 aliphatic heterocycles. The van der Waals surface area contributed by atoms with Crippen molar-refractivity contribution >= 4 is 5.97 Å². The molecule has 3 heteroatoms. The number of benzene rings is 1. The third kappa shape index (κ3) is 2.07. The van der Waals surface area contributed by atoms with Crippen molar-refractivity contribution in [1.82, 2.24) is 0 Å². The number of carbonyl (C=O) groups is 1. The Morgan fingerprint density at radius 3 is 2.71 bits per heavy atom. The lowest BCUT2D eigenvalue weighted by Crippen LogP contribution is -2.03. The Hall–Kier alpha value is -1.35. The van der Waals surface area contributed by atoms with E-state index in [-0.39, 0.29) is 17.3 Å². The maximum Gasteiger partial charge on any atom is 0.307 e. The Balaban J connectivity index is 2.24. The zero-order chi connectivity index (χ0) is 12.6. The van der Waals surface area contributed by atoms with Gasteiger partial charge in [0.05, 0.1) is 12.5 Å². The van der Waals surface area contributed by atoms with Crippen LogP contribution >= 0.6 is 0 Å². The first-order valence-corrected chi connectivity index (χ1v) is 5.79. The minimum absolute atomic E-state index is 0.122. The van der Waals surface area contributed by atoms with Crippen LogP contribution in [0.1, 0.15) is 30.9 Å². The Kier molecular flexibility index (Phi) is 2.96. The lowest BCUT2D eigenvalue weighted by Gasteiger charge is -2.05. The topological polar surface area (TPSA) is 46.5 Å². The molecule has 0 aromatic heterocycles. The second-order valence-corrected chi connectivity index (χ2v) is 5.29. The summed E-state index contributed by atoms with van der Waals surface area (Å²) in [6, 6.07) is 8.03. The van der Waals surface area contributed by atoms with Crippen LogP contribution in [0.3, 0.4) is 0 Å². The molecule has 0 spiro atoms. The zero-order valence-electron chi connectivity index (χ0n) is 10.4. The standard InChI is InChI=1S/C14H18O3/c1-14(2)11(12(14)13(15)16)10-6-4-5-9(7-10)8-17-3/h4-7,11-12H,8H2,1-3H3,(H,15,16). The fourth-order valence-electron chi connectivity index (χ4n) is 2.76. The van der Waals surface area contributed by atoms with Crippen LogP contribution in [-0.2, 0) is 16.1 Å². The highest BCUT2D eigenvalue weighted by atomic mass is 16.5. The first-order valence-electron chi connectivity index (χ1n) is 5.79. The number of ether oxygens (including phenoxy) is 1. The van der Waals surface area contributed by atoms with Crippen LogP contribution in [0.25, 0.3) is 0 Å². The molecule has 1 aromatic carbocycles. The summed E-state index contributed by atoms with van der Waals surface area (Å²) in [7, 11) is 1.66. The maximum atomic E-state index is 11.1. The molecule has 0 saturated heterocycles. The molecule has 0 radical (unpaired) electrons. The molecule has 1 saturated carbocycles. The minimum atomic E-state index is -0.697. The van der Waals surface area contributed by atoms with Crippen LogP contribution in [0.2, 0.25) is 0 Å². The highest BCUT2D eigenvalue weighted by Gasteiger charge is 2.62. The van der Waals surface area contributed by atoms with Gasteiger partial charge in [0.2, 0.25) is 0 Å².